The van der Waals surface area contributed by atoms with E-state index >= 15 is 0 Å². The third-order valence-corrected chi connectivity index (χ3v) is 3.70. The van der Waals surface area contributed by atoms with Crippen LogP contribution < -0.4 is 11.5 Å². The number of carbonyl (C=O) groups excluding carboxylic acids is 2. The fraction of sp³-hybridized carbons (Fsp3) is 0.455. The van der Waals surface area contributed by atoms with Crippen molar-refractivity contribution in [3.8, 4) is 0 Å². The quantitative estimate of drug-likeness (QED) is 0.603. The second kappa shape index (κ2) is 5.04. The van der Waals surface area contributed by atoms with E-state index in [-0.39, 0.29) is 35.9 Å². The normalized spacial score (nSPS) is 19.5. The van der Waals surface area contributed by atoms with E-state index < -0.39 is 5.25 Å². The van der Waals surface area contributed by atoms with Gasteiger partial charge in [-0.3, -0.25) is 14.5 Å². The van der Waals surface area contributed by atoms with Crippen molar-refractivity contribution in [2.75, 3.05) is 11.5 Å². The molecule has 1 fully saturated rings. The standard InChI is InChI=1S/C11H15N5O2S/c1-5(2)16-9(17)3-6(10(16)18)19-11-14-7(12)4-8(13)15-11/h4-6H,3H2,1-2H3,(H4,12,13,14,15). The Bertz CT molecular complexity index is 514. The fourth-order valence-electron chi connectivity index (χ4n) is 1.90. The molecule has 2 heterocycles. The lowest BCUT2D eigenvalue weighted by molar-refractivity contribution is -0.140. The minimum absolute atomic E-state index is 0.141. The summed E-state index contributed by atoms with van der Waals surface area (Å²) in [5.74, 6) is 0.101. The molecule has 1 saturated heterocycles. The summed E-state index contributed by atoms with van der Waals surface area (Å²) in [6, 6.07) is 1.30. The van der Waals surface area contributed by atoms with E-state index in [0.717, 1.165) is 11.8 Å². The highest BCUT2D eigenvalue weighted by Crippen LogP contribution is 2.31. The number of nitrogens with zero attached hydrogens (tertiary/aromatic N) is 3. The lowest BCUT2D eigenvalue weighted by Gasteiger charge is -2.18. The topological polar surface area (TPSA) is 115 Å². The number of likely N-dealkylation sites (tertiary alicyclic amines) is 1. The first-order chi connectivity index (χ1) is 8.88. The number of aromatic nitrogens is 2. The van der Waals surface area contributed by atoms with E-state index in [1.54, 1.807) is 13.8 Å². The number of nitrogen functional groups attached to an aromatic ring is 2. The van der Waals surface area contributed by atoms with Crippen LogP contribution in [0.15, 0.2) is 11.2 Å². The predicted molar refractivity (Wildman–Crippen MR) is 72.1 cm³/mol. The first-order valence-electron chi connectivity index (χ1n) is 5.81. The van der Waals surface area contributed by atoms with Gasteiger partial charge in [-0.15, -0.1) is 0 Å². The molecule has 0 aromatic carbocycles. The molecule has 1 aromatic rings. The summed E-state index contributed by atoms with van der Waals surface area (Å²) in [5, 5.41) is -0.189. The van der Waals surface area contributed by atoms with E-state index in [9.17, 15) is 9.59 Å². The van der Waals surface area contributed by atoms with Gasteiger partial charge in [0, 0.05) is 18.5 Å². The number of carbonyl (C=O) groups is 2. The van der Waals surface area contributed by atoms with Crippen molar-refractivity contribution in [2.45, 2.75) is 36.7 Å². The van der Waals surface area contributed by atoms with Crippen molar-refractivity contribution in [3.05, 3.63) is 6.07 Å². The maximum Gasteiger partial charge on any atom is 0.243 e. The first kappa shape index (κ1) is 13.6. The van der Waals surface area contributed by atoms with E-state index in [0.29, 0.717) is 5.16 Å². The zero-order valence-electron chi connectivity index (χ0n) is 10.7. The third-order valence-electron chi connectivity index (χ3n) is 2.65. The summed E-state index contributed by atoms with van der Waals surface area (Å²) in [6.07, 6.45) is 0.153. The van der Waals surface area contributed by atoms with Crippen LogP contribution in [0.4, 0.5) is 11.6 Å². The molecule has 7 nitrogen and oxygen atoms in total. The van der Waals surface area contributed by atoms with Crippen molar-refractivity contribution in [1.82, 2.24) is 14.9 Å². The highest BCUT2D eigenvalue weighted by Gasteiger charge is 2.40. The number of anilines is 2. The van der Waals surface area contributed by atoms with E-state index in [1.165, 1.54) is 11.0 Å². The Morgan fingerprint density at radius 2 is 1.89 bits per heavy atom. The van der Waals surface area contributed by atoms with Gasteiger partial charge in [-0.05, 0) is 13.8 Å². The van der Waals surface area contributed by atoms with Crippen LogP contribution in [0.3, 0.4) is 0 Å². The minimum atomic E-state index is -0.504. The number of thioether (sulfide) groups is 1. The van der Waals surface area contributed by atoms with Crippen LogP contribution in [0.1, 0.15) is 20.3 Å². The molecule has 1 atom stereocenters. The van der Waals surface area contributed by atoms with E-state index in [1.807, 2.05) is 0 Å². The lowest BCUT2D eigenvalue weighted by Crippen LogP contribution is -2.37. The molecule has 1 aliphatic heterocycles. The Balaban J connectivity index is 2.16. The number of amides is 2. The van der Waals surface area contributed by atoms with Gasteiger partial charge in [0.2, 0.25) is 11.8 Å². The fourth-order valence-corrected chi connectivity index (χ4v) is 2.91. The molecular formula is C11H15N5O2S. The van der Waals surface area contributed by atoms with Crippen LogP contribution in [0.2, 0.25) is 0 Å². The first-order valence-corrected chi connectivity index (χ1v) is 6.69. The summed E-state index contributed by atoms with van der Waals surface area (Å²) in [4.78, 5) is 33.1. The van der Waals surface area contributed by atoms with Crippen LogP contribution in [-0.2, 0) is 9.59 Å². The van der Waals surface area contributed by atoms with Crippen LogP contribution in [0, 0.1) is 0 Å². The van der Waals surface area contributed by atoms with Crippen molar-refractivity contribution < 1.29 is 9.59 Å². The van der Waals surface area contributed by atoms with Crippen molar-refractivity contribution in [3.63, 3.8) is 0 Å². The minimum Gasteiger partial charge on any atom is -0.383 e. The van der Waals surface area contributed by atoms with Crippen LogP contribution in [0.5, 0.6) is 0 Å². The van der Waals surface area contributed by atoms with Gasteiger partial charge in [0.05, 0.1) is 0 Å². The van der Waals surface area contributed by atoms with Crippen LogP contribution in [0.25, 0.3) is 0 Å². The Morgan fingerprint density at radius 1 is 1.32 bits per heavy atom. The van der Waals surface area contributed by atoms with Gasteiger partial charge in [-0.25, -0.2) is 9.97 Å². The van der Waals surface area contributed by atoms with Gasteiger partial charge in [0.1, 0.15) is 16.9 Å². The summed E-state index contributed by atoms with van der Waals surface area (Å²) in [5.41, 5.74) is 11.1. The summed E-state index contributed by atoms with van der Waals surface area (Å²) in [7, 11) is 0. The average Bonchev–Trinajstić information content (AvgIpc) is 2.52. The number of hydrogen-bond acceptors (Lipinski definition) is 7. The maximum absolute atomic E-state index is 12.1. The number of rotatable bonds is 3. The molecule has 2 amide bonds. The zero-order chi connectivity index (χ0) is 14.2. The number of hydrogen-bond donors (Lipinski definition) is 2. The molecule has 2 rings (SSSR count). The average molecular weight is 281 g/mol. The Morgan fingerprint density at radius 3 is 2.37 bits per heavy atom. The second-order valence-corrected chi connectivity index (χ2v) is 5.68. The zero-order valence-corrected chi connectivity index (χ0v) is 11.5. The Labute approximate surface area is 114 Å². The highest BCUT2D eigenvalue weighted by molar-refractivity contribution is 8.00. The highest BCUT2D eigenvalue weighted by atomic mass is 32.2. The molecule has 102 valence electrons. The second-order valence-electron chi connectivity index (χ2n) is 4.51. The number of nitrogens with two attached hydrogens (primary N) is 2. The summed E-state index contributed by atoms with van der Waals surface area (Å²) in [6.45, 7) is 3.61. The molecule has 1 aliphatic rings. The molecule has 0 bridgehead atoms. The molecular weight excluding hydrogens is 266 g/mol. The number of imide groups is 1. The Kier molecular flexibility index (Phi) is 3.61. The van der Waals surface area contributed by atoms with Gasteiger partial charge in [0.25, 0.3) is 0 Å². The van der Waals surface area contributed by atoms with Crippen LogP contribution >= 0.6 is 11.8 Å². The van der Waals surface area contributed by atoms with Crippen molar-refractivity contribution >= 4 is 35.2 Å². The van der Waals surface area contributed by atoms with Crippen LogP contribution in [-0.4, -0.2) is 38.0 Å². The SMILES string of the molecule is CC(C)N1C(=O)CC(Sc2nc(N)cc(N)n2)C1=O. The van der Waals surface area contributed by atoms with E-state index in [4.69, 9.17) is 11.5 Å². The molecule has 0 spiro atoms. The summed E-state index contributed by atoms with van der Waals surface area (Å²) < 4.78 is 0. The smallest absolute Gasteiger partial charge is 0.243 e. The molecule has 4 N–H and O–H groups in total. The van der Waals surface area contributed by atoms with Gasteiger partial charge in [-0.1, -0.05) is 11.8 Å². The van der Waals surface area contributed by atoms with Gasteiger partial charge in [0.15, 0.2) is 5.16 Å². The van der Waals surface area contributed by atoms with Gasteiger partial charge < -0.3 is 11.5 Å². The molecule has 0 aliphatic carbocycles. The predicted octanol–water partition coefficient (Wildman–Crippen LogP) is 0.269. The van der Waals surface area contributed by atoms with Crippen molar-refractivity contribution in [1.29, 1.82) is 0 Å². The molecule has 1 unspecified atom stereocenters. The van der Waals surface area contributed by atoms with E-state index in [2.05, 4.69) is 9.97 Å². The van der Waals surface area contributed by atoms with Crippen molar-refractivity contribution in [2.24, 2.45) is 0 Å². The van der Waals surface area contributed by atoms with Gasteiger partial charge >= 0.3 is 0 Å². The molecule has 19 heavy (non-hydrogen) atoms. The Hall–Kier alpha value is -1.83. The molecule has 0 saturated carbocycles. The molecule has 8 heteroatoms. The van der Waals surface area contributed by atoms with Gasteiger partial charge in [-0.2, -0.15) is 0 Å². The third kappa shape index (κ3) is 2.78. The lowest BCUT2D eigenvalue weighted by atomic mass is 10.3. The maximum atomic E-state index is 12.1. The molecule has 0 radical (unpaired) electrons. The molecule has 1 aromatic heterocycles. The largest absolute Gasteiger partial charge is 0.383 e. The monoisotopic (exact) mass is 281 g/mol. The summed E-state index contributed by atoms with van der Waals surface area (Å²) >= 11 is 1.12.